The number of carbonyl (C=O) groups is 1. The van der Waals surface area contributed by atoms with Crippen LogP contribution in [0.1, 0.15) is 15.9 Å². The number of benzene rings is 1. The molecule has 0 fully saturated rings. The maximum absolute atomic E-state index is 13.1. The molecule has 2 rings (SSSR count). The smallest absolute Gasteiger partial charge is 0.259 e. The molecule has 20 heavy (non-hydrogen) atoms. The fourth-order valence-corrected chi connectivity index (χ4v) is 1.99. The molecule has 0 atom stereocenters. The number of hydrogen-bond donors (Lipinski definition) is 2. The van der Waals surface area contributed by atoms with Gasteiger partial charge in [-0.2, -0.15) is 5.26 Å². The molecule has 0 aliphatic carbocycles. The van der Waals surface area contributed by atoms with Crippen LogP contribution in [0.5, 0.6) is 0 Å². The summed E-state index contributed by atoms with van der Waals surface area (Å²) in [5.41, 5.74) is 6.37. The Morgan fingerprint density at radius 2 is 2.20 bits per heavy atom. The van der Waals surface area contributed by atoms with Crippen molar-refractivity contribution in [3.05, 3.63) is 51.9 Å². The molecule has 0 saturated carbocycles. The van der Waals surface area contributed by atoms with Crippen molar-refractivity contribution >= 4 is 33.3 Å². The number of pyridine rings is 1. The largest absolute Gasteiger partial charge is 0.383 e. The first-order chi connectivity index (χ1) is 9.51. The molecule has 0 aliphatic heterocycles. The van der Waals surface area contributed by atoms with Crippen molar-refractivity contribution in [2.24, 2.45) is 0 Å². The van der Waals surface area contributed by atoms with E-state index in [2.05, 4.69) is 26.2 Å². The van der Waals surface area contributed by atoms with Gasteiger partial charge in [-0.05, 0) is 40.2 Å². The number of carbonyl (C=O) groups excluding carboxylic acids is 1. The second-order valence-corrected chi connectivity index (χ2v) is 4.70. The Bertz CT molecular complexity index is 727. The van der Waals surface area contributed by atoms with Gasteiger partial charge in [-0.3, -0.25) is 4.79 Å². The molecular weight excluding hydrogens is 327 g/mol. The lowest BCUT2D eigenvalue weighted by Gasteiger charge is -2.09. The first-order valence-corrected chi connectivity index (χ1v) is 6.22. The van der Waals surface area contributed by atoms with E-state index in [9.17, 15) is 9.18 Å². The van der Waals surface area contributed by atoms with Gasteiger partial charge in [0.15, 0.2) is 0 Å². The highest BCUT2D eigenvalue weighted by molar-refractivity contribution is 9.10. The third-order valence-electron chi connectivity index (χ3n) is 2.48. The zero-order valence-corrected chi connectivity index (χ0v) is 11.6. The first kappa shape index (κ1) is 14.0. The van der Waals surface area contributed by atoms with Gasteiger partial charge in [-0.15, -0.1) is 0 Å². The topological polar surface area (TPSA) is 91.8 Å². The van der Waals surface area contributed by atoms with Crippen molar-refractivity contribution in [3.8, 4) is 6.07 Å². The Morgan fingerprint density at radius 1 is 1.45 bits per heavy atom. The number of rotatable bonds is 2. The molecule has 1 aromatic carbocycles. The fraction of sp³-hybridized carbons (Fsp3) is 0. The lowest BCUT2D eigenvalue weighted by atomic mass is 10.2. The van der Waals surface area contributed by atoms with Crippen LogP contribution in [0, 0.1) is 17.1 Å². The Labute approximate surface area is 122 Å². The minimum atomic E-state index is -0.650. The van der Waals surface area contributed by atoms with Crippen molar-refractivity contribution in [3.63, 3.8) is 0 Å². The van der Waals surface area contributed by atoms with Crippen LogP contribution in [-0.4, -0.2) is 10.9 Å². The average molecular weight is 335 g/mol. The van der Waals surface area contributed by atoms with Gasteiger partial charge in [0.1, 0.15) is 11.6 Å². The number of amides is 1. The summed E-state index contributed by atoms with van der Waals surface area (Å²) in [6, 6.07) is 7.65. The lowest BCUT2D eigenvalue weighted by Crippen LogP contribution is -2.15. The SMILES string of the molecule is N#Cc1ccc(NC(=O)c2cc(F)cnc2N)c(Br)c1. The molecule has 5 nitrogen and oxygen atoms in total. The lowest BCUT2D eigenvalue weighted by molar-refractivity contribution is 0.102. The molecule has 1 amide bonds. The Hall–Kier alpha value is -2.46. The molecule has 7 heteroatoms. The molecule has 1 aromatic heterocycles. The Balaban J connectivity index is 2.28. The van der Waals surface area contributed by atoms with Gasteiger partial charge < -0.3 is 11.1 Å². The van der Waals surface area contributed by atoms with E-state index in [0.717, 1.165) is 12.3 Å². The molecule has 2 aromatic rings. The van der Waals surface area contributed by atoms with Gasteiger partial charge in [-0.25, -0.2) is 9.37 Å². The van der Waals surface area contributed by atoms with E-state index < -0.39 is 11.7 Å². The number of nitrogen functional groups attached to an aromatic ring is 1. The number of nitrogens with zero attached hydrogens (tertiary/aromatic N) is 2. The average Bonchev–Trinajstić information content (AvgIpc) is 2.43. The quantitative estimate of drug-likeness (QED) is 0.883. The summed E-state index contributed by atoms with van der Waals surface area (Å²) in [5.74, 6) is -1.29. The third kappa shape index (κ3) is 2.92. The molecular formula is C13H8BrFN4O. The van der Waals surface area contributed by atoms with Crippen LogP contribution in [0.25, 0.3) is 0 Å². The molecule has 100 valence electrons. The van der Waals surface area contributed by atoms with Gasteiger partial charge in [0.05, 0.1) is 29.1 Å². The Kier molecular flexibility index (Phi) is 3.96. The number of nitriles is 1. The number of nitrogens with two attached hydrogens (primary N) is 1. The number of halogens is 2. The van der Waals surface area contributed by atoms with E-state index in [4.69, 9.17) is 11.0 Å². The van der Waals surface area contributed by atoms with Crippen molar-refractivity contribution < 1.29 is 9.18 Å². The van der Waals surface area contributed by atoms with Crippen LogP contribution in [0.15, 0.2) is 34.9 Å². The molecule has 1 heterocycles. The van der Waals surface area contributed by atoms with E-state index in [1.54, 1.807) is 18.2 Å². The summed E-state index contributed by atoms with van der Waals surface area (Å²) >= 11 is 3.24. The minimum absolute atomic E-state index is 0.0544. The molecule has 0 saturated heterocycles. The third-order valence-corrected chi connectivity index (χ3v) is 3.13. The van der Waals surface area contributed by atoms with Crippen molar-refractivity contribution in [1.29, 1.82) is 5.26 Å². The van der Waals surface area contributed by atoms with Crippen molar-refractivity contribution in [1.82, 2.24) is 4.98 Å². The van der Waals surface area contributed by atoms with Gasteiger partial charge >= 0.3 is 0 Å². The van der Waals surface area contributed by atoms with E-state index >= 15 is 0 Å². The standard InChI is InChI=1S/C13H8BrFN4O/c14-10-3-7(5-16)1-2-11(10)19-13(20)9-4-8(15)6-18-12(9)17/h1-4,6H,(H2,17,18)(H,19,20). The minimum Gasteiger partial charge on any atom is -0.383 e. The van der Waals surface area contributed by atoms with Crippen LogP contribution in [-0.2, 0) is 0 Å². The van der Waals surface area contributed by atoms with Gasteiger partial charge in [-0.1, -0.05) is 0 Å². The molecule has 0 bridgehead atoms. The number of anilines is 2. The second kappa shape index (κ2) is 5.67. The summed E-state index contributed by atoms with van der Waals surface area (Å²) in [4.78, 5) is 15.6. The highest BCUT2D eigenvalue weighted by Crippen LogP contribution is 2.24. The molecule has 3 N–H and O–H groups in total. The first-order valence-electron chi connectivity index (χ1n) is 5.43. The van der Waals surface area contributed by atoms with Gasteiger partial charge in [0, 0.05) is 4.47 Å². The van der Waals surface area contributed by atoms with E-state index in [0.29, 0.717) is 15.7 Å². The second-order valence-electron chi connectivity index (χ2n) is 3.85. The summed E-state index contributed by atoms with van der Waals surface area (Å²) < 4.78 is 13.6. The maximum Gasteiger partial charge on any atom is 0.259 e. The number of hydrogen-bond acceptors (Lipinski definition) is 4. The summed E-state index contributed by atoms with van der Waals surface area (Å²) in [6.45, 7) is 0. The Morgan fingerprint density at radius 3 is 2.85 bits per heavy atom. The van der Waals surface area contributed by atoms with Gasteiger partial charge in [0.2, 0.25) is 0 Å². The zero-order valence-electron chi connectivity index (χ0n) is 10.0. The highest BCUT2D eigenvalue weighted by atomic mass is 79.9. The van der Waals surface area contributed by atoms with E-state index in [-0.39, 0.29) is 11.4 Å². The molecule has 0 aliphatic rings. The van der Waals surface area contributed by atoms with Crippen molar-refractivity contribution in [2.45, 2.75) is 0 Å². The fourth-order valence-electron chi connectivity index (χ4n) is 1.51. The predicted molar refractivity (Wildman–Crippen MR) is 75.4 cm³/mol. The van der Waals surface area contributed by atoms with Gasteiger partial charge in [0.25, 0.3) is 5.91 Å². The van der Waals surface area contributed by atoms with Crippen LogP contribution in [0.3, 0.4) is 0 Å². The summed E-state index contributed by atoms with van der Waals surface area (Å²) in [5, 5.41) is 11.3. The maximum atomic E-state index is 13.1. The van der Waals surface area contributed by atoms with Crippen LogP contribution >= 0.6 is 15.9 Å². The van der Waals surface area contributed by atoms with Crippen LogP contribution < -0.4 is 11.1 Å². The number of aromatic nitrogens is 1. The monoisotopic (exact) mass is 334 g/mol. The zero-order chi connectivity index (χ0) is 14.7. The van der Waals surface area contributed by atoms with Crippen molar-refractivity contribution in [2.75, 3.05) is 11.1 Å². The van der Waals surface area contributed by atoms with E-state index in [1.165, 1.54) is 0 Å². The summed E-state index contributed by atoms with van der Waals surface area (Å²) in [6.07, 6.45) is 0.934. The van der Waals surface area contributed by atoms with Crippen LogP contribution in [0.2, 0.25) is 0 Å². The number of nitrogens with one attached hydrogen (secondary N) is 1. The highest BCUT2D eigenvalue weighted by Gasteiger charge is 2.13. The summed E-state index contributed by atoms with van der Waals surface area (Å²) in [7, 11) is 0. The normalized spacial score (nSPS) is 9.85. The molecule has 0 radical (unpaired) electrons. The van der Waals surface area contributed by atoms with E-state index in [1.807, 2.05) is 6.07 Å². The molecule has 0 spiro atoms. The predicted octanol–water partition coefficient (Wildman–Crippen LogP) is 2.69. The van der Waals surface area contributed by atoms with Crippen LogP contribution in [0.4, 0.5) is 15.9 Å². The molecule has 0 unspecified atom stereocenters.